The van der Waals surface area contributed by atoms with Crippen molar-refractivity contribution in [2.75, 3.05) is 0 Å². The molecule has 3 heterocycles. The van der Waals surface area contributed by atoms with Crippen molar-refractivity contribution in [2.24, 2.45) is 0 Å². The predicted octanol–water partition coefficient (Wildman–Crippen LogP) is 1.82. The minimum absolute atomic E-state index is 0.176. The minimum Gasteiger partial charge on any atom is -0.296 e. The first-order valence-corrected chi connectivity index (χ1v) is 6.25. The van der Waals surface area contributed by atoms with Gasteiger partial charge in [0.2, 0.25) is 0 Å². The molecular weight excluding hydrogens is 252 g/mol. The van der Waals surface area contributed by atoms with E-state index >= 15 is 0 Å². The second-order valence-corrected chi connectivity index (χ2v) is 4.85. The summed E-state index contributed by atoms with van der Waals surface area (Å²) in [7, 11) is 0. The molecule has 96 valence electrons. The third kappa shape index (κ3) is 1.26. The highest BCUT2D eigenvalue weighted by Crippen LogP contribution is 2.26. The van der Waals surface area contributed by atoms with Crippen molar-refractivity contribution >= 4 is 16.7 Å². The van der Waals surface area contributed by atoms with Crippen LogP contribution in [0.25, 0.3) is 16.7 Å². The third-order valence-electron chi connectivity index (χ3n) is 3.53. The Hall–Kier alpha value is -2.82. The van der Waals surface area contributed by atoms with Crippen LogP contribution in [0.4, 0.5) is 0 Å². The molecule has 0 amide bonds. The van der Waals surface area contributed by atoms with Gasteiger partial charge in [0.25, 0.3) is 5.56 Å². The van der Waals surface area contributed by atoms with Gasteiger partial charge in [0.05, 0.1) is 11.1 Å². The maximum absolute atomic E-state index is 12.6. The molecular formula is C15H10N4O. The molecule has 0 radical (unpaired) electrons. The van der Waals surface area contributed by atoms with Crippen LogP contribution >= 0.6 is 0 Å². The number of aryl methyl sites for hydroxylation is 1. The van der Waals surface area contributed by atoms with Crippen LogP contribution in [0, 0.1) is 12.3 Å². The molecule has 0 unspecified atom stereocenters. The average molecular weight is 262 g/mol. The summed E-state index contributed by atoms with van der Waals surface area (Å²) in [5.41, 5.74) is 3.00. The molecule has 5 nitrogen and oxygen atoms in total. The summed E-state index contributed by atoms with van der Waals surface area (Å²) < 4.78 is 1.50. The average Bonchev–Trinajstić information content (AvgIpc) is 2.73. The van der Waals surface area contributed by atoms with Crippen molar-refractivity contribution in [3.05, 3.63) is 63.8 Å². The fourth-order valence-electron chi connectivity index (χ4n) is 2.58. The van der Waals surface area contributed by atoms with Gasteiger partial charge in [0.1, 0.15) is 5.71 Å². The van der Waals surface area contributed by atoms with E-state index in [0.29, 0.717) is 16.9 Å². The zero-order valence-corrected chi connectivity index (χ0v) is 10.7. The SMILES string of the molecule is Cc1ccc2c(c1)C(=N)c1nc3ncccc3c(=O)n1-2. The standard InChI is InChI=1S/C15H10N4O/c1-8-4-5-11-10(7-8)12(16)14-18-13-9(3-2-6-17-13)15(20)19(11)14/h2-7,16H,1H3. The number of nitrogens with zero attached hydrogens (tertiary/aromatic N) is 3. The highest BCUT2D eigenvalue weighted by atomic mass is 16.1. The van der Waals surface area contributed by atoms with Gasteiger partial charge in [-0.05, 0) is 31.2 Å². The number of hydrogen-bond donors (Lipinski definition) is 1. The monoisotopic (exact) mass is 262 g/mol. The van der Waals surface area contributed by atoms with Gasteiger partial charge in [0, 0.05) is 11.8 Å². The molecule has 3 aromatic rings. The fraction of sp³-hybridized carbons (Fsp3) is 0.0667. The van der Waals surface area contributed by atoms with Gasteiger partial charge < -0.3 is 0 Å². The van der Waals surface area contributed by atoms with E-state index in [2.05, 4.69) is 9.97 Å². The quantitative estimate of drug-likeness (QED) is 0.525. The maximum Gasteiger partial charge on any atom is 0.267 e. The number of fused-ring (bicyclic) bond motifs is 4. The molecule has 1 aliphatic heterocycles. The summed E-state index contributed by atoms with van der Waals surface area (Å²) in [6.45, 7) is 1.96. The lowest BCUT2D eigenvalue weighted by atomic mass is 10.1. The summed E-state index contributed by atoms with van der Waals surface area (Å²) in [4.78, 5) is 21.1. The van der Waals surface area contributed by atoms with Crippen LogP contribution < -0.4 is 5.56 Å². The Morgan fingerprint density at radius 3 is 2.95 bits per heavy atom. The molecule has 0 atom stereocenters. The molecule has 0 fully saturated rings. The molecule has 1 N–H and O–H groups in total. The van der Waals surface area contributed by atoms with E-state index in [9.17, 15) is 4.79 Å². The number of hydrogen-bond acceptors (Lipinski definition) is 4. The highest BCUT2D eigenvalue weighted by molar-refractivity contribution is 6.15. The molecule has 1 aromatic carbocycles. The van der Waals surface area contributed by atoms with E-state index in [1.54, 1.807) is 18.3 Å². The van der Waals surface area contributed by atoms with E-state index < -0.39 is 0 Å². The third-order valence-corrected chi connectivity index (χ3v) is 3.53. The number of aromatic nitrogens is 3. The zero-order valence-electron chi connectivity index (χ0n) is 10.7. The van der Waals surface area contributed by atoms with Crippen LogP contribution in [0.5, 0.6) is 0 Å². The molecule has 20 heavy (non-hydrogen) atoms. The van der Waals surface area contributed by atoms with Crippen LogP contribution in [0.2, 0.25) is 0 Å². The van der Waals surface area contributed by atoms with Crippen molar-refractivity contribution in [1.82, 2.24) is 14.5 Å². The zero-order chi connectivity index (χ0) is 13.9. The molecule has 0 bridgehead atoms. The van der Waals surface area contributed by atoms with E-state index in [-0.39, 0.29) is 11.3 Å². The first-order valence-electron chi connectivity index (χ1n) is 6.25. The Balaban J connectivity index is 2.20. The largest absolute Gasteiger partial charge is 0.296 e. The molecule has 0 aliphatic carbocycles. The van der Waals surface area contributed by atoms with E-state index in [1.165, 1.54) is 4.57 Å². The van der Waals surface area contributed by atoms with Crippen LogP contribution in [0.15, 0.2) is 41.3 Å². The Morgan fingerprint density at radius 2 is 2.10 bits per heavy atom. The van der Waals surface area contributed by atoms with E-state index in [1.807, 2.05) is 25.1 Å². The summed E-state index contributed by atoms with van der Waals surface area (Å²) in [5.74, 6) is 0.363. The summed E-state index contributed by atoms with van der Waals surface area (Å²) in [6.07, 6.45) is 1.60. The molecule has 4 rings (SSSR count). The van der Waals surface area contributed by atoms with E-state index in [4.69, 9.17) is 5.41 Å². The van der Waals surface area contributed by atoms with Crippen LogP contribution in [0.1, 0.15) is 17.0 Å². The van der Waals surface area contributed by atoms with Crippen molar-refractivity contribution in [3.63, 3.8) is 0 Å². The lowest BCUT2D eigenvalue weighted by Crippen LogP contribution is -2.21. The van der Waals surface area contributed by atoms with Crippen molar-refractivity contribution in [2.45, 2.75) is 6.92 Å². The summed E-state index contributed by atoms with van der Waals surface area (Å²) >= 11 is 0. The van der Waals surface area contributed by atoms with Crippen LogP contribution in [0.3, 0.4) is 0 Å². The van der Waals surface area contributed by atoms with Gasteiger partial charge in [-0.1, -0.05) is 11.6 Å². The predicted molar refractivity (Wildman–Crippen MR) is 75.8 cm³/mol. The number of rotatable bonds is 0. The number of nitrogens with one attached hydrogen (secondary N) is 1. The fourth-order valence-corrected chi connectivity index (χ4v) is 2.58. The summed E-state index contributed by atoms with van der Waals surface area (Å²) in [5, 5.41) is 8.70. The topological polar surface area (TPSA) is 71.6 Å². The van der Waals surface area contributed by atoms with Crippen molar-refractivity contribution in [3.8, 4) is 5.69 Å². The van der Waals surface area contributed by atoms with Crippen molar-refractivity contribution in [1.29, 1.82) is 5.41 Å². The van der Waals surface area contributed by atoms with Crippen molar-refractivity contribution < 1.29 is 0 Å². The first kappa shape index (κ1) is 11.0. The number of benzene rings is 1. The molecule has 5 heteroatoms. The van der Waals surface area contributed by atoms with Gasteiger partial charge in [-0.15, -0.1) is 0 Å². The first-order chi connectivity index (χ1) is 9.66. The Labute approximate surface area is 114 Å². The normalized spacial score (nSPS) is 12.6. The molecule has 1 aliphatic rings. The molecule has 0 saturated heterocycles. The lowest BCUT2D eigenvalue weighted by molar-refractivity contribution is 0.958. The van der Waals surface area contributed by atoms with Gasteiger partial charge >= 0.3 is 0 Å². The molecule has 2 aromatic heterocycles. The Bertz CT molecular complexity index is 956. The number of pyridine rings is 1. The Morgan fingerprint density at radius 1 is 1.25 bits per heavy atom. The molecule has 0 spiro atoms. The van der Waals surface area contributed by atoms with Crippen LogP contribution in [-0.4, -0.2) is 20.2 Å². The highest BCUT2D eigenvalue weighted by Gasteiger charge is 2.27. The maximum atomic E-state index is 12.6. The van der Waals surface area contributed by atoms with E-state index in [0.717, 1.165) is 16.8 Å². The smallest absolute Gasteiger partial charge is 0.267 e. The van der Waals surface area contributed by atoms with Gasteiger partial charge in [0.15, 0.2) is 11.5 Å². The summed E-state index contributed by atoms with van der Waals surface area (Å²) in [6, 6.07) is 9.13. The molecule has 0 saturated carbocycles. The second-order valence-electron chi connectivity index (χ2n) is 4.85. The minimum atomic E-state index is -0.176. The second kappa shape index (κ2) is 3.60. The Kier molecular flexibility index (Phi) is 1.99. The van der Waals surface area contributed by atoms with Gasteiger partial charge in [-0.3, -0.25) is 14.8 Å². The van der Waals surface area contributed by atoms with Gasteiger partial charge in [-0.2, -0.15) is 0 Å². The lowest BCUT2D eigenvalue weighted by Gasteiger charge is -2.05. The van der Waals surface area contributed by atoms with Crippen LogP contribution in [-0.2, 0) is 0 Å². The van der Waals surface area contributed by atoms with Gasteiger partial charge in [-0.25, -0.2) is 9.97 Å².